The number of esters is 2. The maximum absolute atomic E-state index is 13.2. The van der Waals surface area contributed by atoms with Crippen molar-refractivity contribution in [2.45, 2.75) is 82.7 Å². The Bertz CT molecular complexity index is 806. The van der Waals surface area contributed by atoms with E-state index in [1.54, 1.807) is 0 Å². The van der Waals surface area contributed by atoms with Gasteiger partial charge in [0.05, 0.1) is 16.3 Å². The number of nitrogens with zero attached hydrogens (tertiary/aromatic N) is 1. The third kappa shape index (κ3) is 5.17. The van der Waals surface area contributed by atoms with Crippen LogP contribution in [0.25, 0.3) is 0 Å². The van der Waals surface area contributed by atoms with Crippen molar-refractivity contribution in [2.24, 2.45) is 11.3 Å². The maximum Gasteiger partial charge on any atom is 0.359 e. The van der Waals surface area contributed by atoms with Gasteiger partial charge in [-0.1, -0.05) is 46.7 Å². The van der Waals surface area contributed by atoms with Gasteiger partial charge >= 0.3 is 11.9 Å². The summed E-state index contributed by atoms with van der Waals surface area (Å²) in [6, 6.07) is 1.36. The monoisotopic (exact) mass is 515 g/mol. The van der Waals surface area contributed by atoms with E-state index < -0.39 is 33.2 Å². The van der Waals surface area contributed by atoms with Crippen LogP contribution in [0.1, 0.15) is 53.9 Å². The zero-order valence-electron chi connectivity index (χ0n) is 19.9. The number of rotatable bonds is 11. The molecular weight excluding hydrogens is 482 g/mol. The molecule has 33 heavy (non-hydrogen) atoms. The highest BCUT2D eigenvalue weighted by molar-refractivity contribution is 8.23. The van der Waals surface area contributed by atoms with E-state index in [1.807, 2.05) is 34.6 Å². The maximum atomic E-state index is 13.2. The summed E-state index contributed by atoms with van der Waals surface area (Å²) < 4.78 is 16.9. The van der Waals surface area contributed by atoms with Crippen molar-refractivity contribution in [3.05, 3.63) is 9.93 Å². The van der Waals surface area contributed by atoms with Gasteiger partial charge in [-0.15, -0.1) is 11.8 Å². The van der Waals surface area contributed by atoms with Crippen LogP contribution < -0.4 is 4.80 Å². The van der Waals surface area contributed by atoms with E-state index in [9.17, 15) is 19.2 Å². The van der Waals surface area contributed by atoms with Crippen molar-refractivity contribution in [1.82, 2.24) is 4.90 Å². The Hall–Kier alpha value is -1.01. The molecule has 0 aliphatic carbocycles. The highest BCUT2D eigenvalue weighted by Crippen LogP contribution is 2.60. The summed E-state index contributed by atoms with van der Waals surface area (Å²) >= 11 is 2.98. The SMILES string of the molecule is CCO[C@H](C)[C@@]1(C)C(=O)N2C(C(=O)OCOC(=O)C(CC)CC)=C(S[C@H]3CC[Si]([O-])C3)S[C@@H]21. The van der Waals surface area contributed by atoms with Crippen molar-refractivity contribution in [1.29, 1.82) is 0 Å². The van der Waals surface area contributed by atoms with E-state index in [2.05, 4.69) is 0 Å². The third-order valence-electron chi connectivity index (χ3n) is 6.72. The zero-order chi connectivity index (χ0) is 24.3. The van der Waals surface area contributed by atoms with Crippen molar-refractivity contribution < 1.29 is 33.4 Å². The first-order valence-electron chi connectivity index (χ1n) is 11.6. The lowest BCUT2D eigenvalue weighted by atomic mass is 9.75. The molecule has 2 fully saturated rings. The molecule has 8 nitrogen and oxygen atoms in total. The number of carbonyl (C=O) groups is 3. The van der Waals surface area contributed by atoms with Crippen LogP contribution in [0.2, 0.25) is 12.1 Å². The summed E-state index contributed by atoms with van der Waals surface area (Å²) in [5.74, 6) is -1.50. The molecule has 185 valence electrons. The van der Waals surface area contributed by atoms with Crippen LogP contribution in [0.5, 0.6) is 0 Å². The molecule has 4 atom stereocenters. The summed E-state index contributed by atoms with van der Waals surface area (Å²) in [6.45, 7) is 9.43. The highest BCUT2D eigenvalue weighted by atomic mass is 32.2. The average molecular weight is 516 g/mol. The quantitative estimate of drug-likeness (QED) is 0.178. The molecule has 3 rings (SSSR count). The molecule has 1 radical (unpaired) electrons. The summed E-state index contributed by atoms with van der Waals surface area (Å²) in [7, 11) is -1.56. The van der Waals surface area contributed by atoms with Gasteiger partial charge in [0.2, 0.25) is 12.7 Å². The lowest BCUT2D eigenvalue weighted by molar-refractivity contribution is -0.193. The van der Waals surface area contributed by atoms with Gasteiger partial charge in [-0.25, -0.2) is 4.79 Å². The standard InChI is InChI=1S/C22H33NO7S2Si/c1-6-14(7-2)17(24)29-12-30-18(25)16-19(31-15-9-10-33(27)11-15)32-21-22(5,13(4)28-8-3)20(26)23(16)21/h13-15,21H,6-12H2,1-5H3/q-1/t13-,15+,21-,22+/m1/s1. The number of hydrogen-bond acceptors (Lipinski definition) is 9. The summed E-state index contributed by atoms with van der Waals surface area (Å²) in [6.07, 6.45) is 1.82. The molecular formula is C22H33NO7S2Si-. The first-order valence-corrected chi connectivity index (χ1v) is 15.1. The van der Waals surface area contributed by atoms with Gasteiger partial charge in [0, 0.05) is 11.9 Å². The molecule has 0 saturated carbocycles. The molecule has 3 aliphatic heterocycles. The predicted octanol–water partition coefficient (Wildman–Crippen LogP) is 2.84. The van der Waals surface area contributed by atoms with Crippen LogP contribution in [-0.2, 0) is 28.6 Å². The average Bonchev–Trinajstić information content (AvgIpc) is 3.36. The number of β-lactam (4-membered cyclic amide) rings is 1. The van der Waals surface area contributed by atoms with E-state index >= 15 is 0 Å². The minimum Gasteiger partial charge on any atom is -0.861 e. The second-order valence-electron chi connectivity index (χ2n) is 8.71. The topological polar surface area (TPSA) is 105 Å². The van der Waals surface area contributed by atoms with Crippen molar-refractivity contribution >= 4 is 50.4 Å². The molecule has 2 saturated heterocycles. The normalized spacial score (nSPS) is 28.2. The van der Waals surface area contributed by atoms with Gasteiger partial charge in [0.1, 0.15) is 10.8 Å². The van der Waals surface area contributed by atoms with Crippen molar-refractivity contribution in [3.8, 4) is 0 Å². The Morgan fingerprint density at radius 3 is 2.58 bits per heavy atom. The number of ether oxygens (including phenoxy) is 3. The van der Waals surface area contributed by atoms with Crippen LogP contribution in [0.4, 0.5) is 0 Å². The third-order valence-corrected chi connectivity index (χ3v) is 11.9. The summed E-state index contributed by atoms with van der Waals surface area (Å²) in [5.41, 5.74) is -0.564. The van der Waals surface area contributed by atoms with E-state index in [0.717, 1.165) is 12.5 Å². The number of thioether (sulfide) groups is 2. The van der Waals surface area contributed by atoms with Gasteiger partial charge in [0.25, 0.3) is 0 Å². The fraction of sp³-hybridized carbons (Fsp3) is 0.773. The Morgan fingerprint density at radius 2 is 2.00 bits per heavy atom. The fourth-order valence-corrected chi connectivity index (χ4v) is 10.1. The molecule has 0 spiro atoms. The van der Waals surface area contributed by atoms with Crippen molar-refractivity contribution in [3.63, 3.8) is 0 Å². The second-order valence-corrected chi connectivity index (χ2v) is 13.4. The van der Waals surface area contributed by atoms with Crippen LogP contribution in [0.15, 0.2) is 9.93 Å². The van der Waals surface area contributed by atoms with Crippen LogP contribution in [-0.4, -0.2) is 61.9 Å². The lowest BCUT2D eigenvalue weighted by Gasteiger charge is -2.53. The van der Waals surface area contributed by atoms with E-state index in [4.69, 9.17) is 14.2 Å². The number of hydrogen-bond donors (Lipinski definition) is 0. The predicted molar refractivity (Wildman–Crippen MR) is 127 cm³/mol. The van der Waals surface area contributed by atoms with Crippen LogP contribution >= 0.6 is 23.5 Å². The van der Waals surface area contributed by atoms with Gasteiger partial charge in [-0.3, -0.25) is 14.5 Å². The zero-order valence-corrected chi connectivity index (χ0v) is 22.5. The van der Waals surface area contributed by atoms with Crippen molar-refractivity contribution in [2.75, 3.05) is 13.4 Å². The fourth-order valence-electron chi connectivity index (χ4n) is 4.37. The Kier molecular flexibility index (Phi) is 8.99. The lowest BCUT2D eigenvalue weighted by Crippen LogP contribution is -2.68. The smallest absolute Gasteiger partial charge is 0.359 e. The molecule has 0 unspecified atom stereocenters. The molecule has 1 amide bonds. The van der Waals surface area contributed by atoms with Crippen LogP contribution in [0.3, 0.4) is 0 Å². The summed E-state index contributed by atoms with van der Waals surface area (Å²) in [5, 5.41) is -0.124. The summed E-state index contributed by atoms with van der Waals surface area (Å²) in [4.78, 5) is 51.8. The first kappa shape index (κ1) is 26.6. The molecule has 3 aliphatic rings. The molecule has 0 bridgehead atoms. The Balaban J connectivity index is 1.74. The van der Waals surface area contributed by atoms with E-state index in [0.29, 0.717) is 29.7 Å². The van der Waals surface area contributed by atoms with E-state index in [-0.39, 0.29) is 34.2 Å². The Morgan fingerprint density at radius 1 is 1.30 bits per heavy atom. The van der Waals surface area contributed by atoms with Gasteiger partial charge in [-0.05, 0) is 40.0 Å². The minimum absolute atomic E-state index is 0.152. The molecule has 0 aromatic heterocycles. The van der Waals surface area contributed by atoms with E-state index in [1.165, 1.54) is 28.4 Å². The number of amides is 1. The molecule has 11 heteroatoms. The second kappa shape index (κ2) is 11.2. The number of carbonyl (C=O) groups excluding carboxylic acids is 3. The first-order chi connectivity index (χ1) is 15.7. The molecule has 0 N–H and O–H groups in total. The molecule has 0 aromatic rings. The Labute approximate surface area is 205 Å². The largest absolute Gasteiger partial charge is 0.861 e. The highest BCUT2D eigenvalue weighted by Gasteiger charge is 2.66. The van der Waals surface area contributed by atoms with Crippen LogP contribution in [0, 0.1) is 11.3 Å². The molecule has 3 heterocycles. The van der Waals surface area contributed by atoms with Gasteiger partial charge < -0.3 is 19.0 Å². The minimum atomic E-state index is -1.56. The number of fused-ring (bicyclic) bond motifs is 1. The van der Waals surface area contributed by atoms with Gasteiger partial charge in [-0.2, -0.15) is 0 Å². The van der Waals surface area contributed by atoms with Gasteiger partial charge in [0.15, 0.2) is 5.70 Å². The molecule has 0 aromatic carbocycles.